The van der Waals surface area contributed by atoms with Crippen molar-refractivity contribution >= 4 is 17.5 Å². The Labute approximate surface area is 163 Å². The lowest BCUT2D eigenvalue weighted by Crippen LogP contribution is -2.53. The van der Waals surface area contributed by atoms with Crippen molar-refractivity contribution in [2.24, 2.45) is 40.4 Å². The van der Waals surface area contributed by atoms with E-state index in [1.165, 1.54) is 44.9 Å². The van der Waals surface area contributed by atoms with E-state index in [0.29, 0.717) is 23.7 Å². The van der Waals surface area contributed by atoms with Crippen molar-refractivity contribution < 1.29 is 19.5 Å². The van der Waals surface area contributed by atoms with Crippen LogP contribution in [0.15, 0.2) is 0 Å². The van der Waals surface area contributed by atoms with E-state index in [4.69, 9.17) is 9.90 Å². The maximum absolute atomic E-state index is 12.6. The highest BCUT2D eigenvalue weighted by Gasteiger charge is 2.62. The lowest BCUT2D eigenvalue weighted by atomic mass is 9.45. The largest absolute Gasteiger partial charge is 0.481 e. The summed E-state index contributed by atoms with van der Waals surface area (Å²) < 4.78 is 0. The van der Waals surface area contributed by atoms with Crippen LogP contribution in [0.25, 0.3) is 0 Å². The molecule has 4 heteroatoms. The molecule has 4 saturated carbocycles. The number of hydrogen-bond donors (Lipinski definition) is 1. The summed E-state index contributed by atoms with van der Waals surface area (Å²) in [6.45, 7) is 7.55. The lowest BCUT2D eigenvalue weighted by Gasteiger charge is -2.60. The number of ketones is 2. The number of carboxylic acid groups (broad SMARTS) is 1. The molecule has 4 aliphatic rings. The third kappa shape index (κ3) is 3.38. The minimum absolute atomic E-state index is 0.0397. The van der Waals surface area contributed by atoms with Gasteiger partial charge in [-0.25, -0.2) is 0 Å². The molecule has 0 amide bonds. The number of carboxylic acids is 1. The average Bonchev–Trinajstić information content (AvgIpc) is 2.84. The van der Waals surface area contributed by atoms with E-state index in [0.717, 1.165) is 25.2 Å². The van der Waals surface area contributed by atoms with Gasteiger partial charge in [0, 0.05) is 13.3 Å². The Hall–Kier alpha value is -1.19. The summed E-state index contributed by atoms with van der Waals surface area (Å²) in [7, 11) is 0. The van der Waals surface area contributed by atoms with Gasteiger partial charge in [0.15, 0.2) is 0 Å². The molecule has 4 fully saturated rings. The Bertz CT molecular complexity index is 622. The molecule has 0 aromatic rings. The second-order valence-corrected chi connectivity index (χ2v) is 10.2. The predicted molar refractivity (Wildman–Crippen MR) is 104 cm³/mol. The van der Waals surface area contributed by atoms with Gasteiger partial charge in [-0.05, 0) is 80.0 Å². The molecule has 0 aromatic heterocycles. The van der Waals surface area contributed by atoms with Gasteiger partial charge in [0.1, 0.15) is 11.6 Å². The lowest BCUT2D eigenvalue weighted by molar-refractivity contribution is -0.138. The quantitative estimate of drug-likeness (QED) is 0.661. The van der Waals surface area contributed by atoms with E-state index >= 15 is 0 Å². The first-order valence-electron chi connectivity index (χ1n) is 10.8. The zero-order valence-electron chi connectivity index (χ0n) is 17.4. The van der Waals surface area contributed by atoms with Crippen LogP contribution in [-0.4, -0.2) is 22.6 Å². The molecule has 0 radical (unpaired) electrons. The van der Waals surface area contributed by atoms with Gasteiger partial charge in [0.2, 0.25) is 0 Å². The minimum atomic E-state index is -0.833. The van der Waals surface area contributed by atoms with Crippen molar-refractivity contribution in [1.29, 1.82) is 0 Å². The minimum Gasteiger partial charge on any atom is -0.481 e. The fourth-order valence-corrected chi connectivity index (χ4v) is 7.78. The van der Waals surface area contributed by atoms with Crippen molar-refractivity contribution in [1.82, 2.24) is 0 Å². The zero-order chi connectivity index (χ0) is 20.0. The molecule has 0 aliphatic heterocycles. The molecule has 4 rings (SSSR count). The van der Waals surface area contributed by atoms with E-state index in [1.807, 2.05) is 0 Å². The Kier molecular flexibility index (Phi) is 5.58. The molecule has 0 spiro atoms. The van der Waals surface area contributed by atoms with E-state index in [-0.39, 0.29) is 22.9 Å². The van der Waals surface area contributed by atoms with Gasteiger partial charge in [0.25, 0.3) is 5.97 Å². The van der Waals surface area contributed by atoms with Crippen LogP contribution >= 0.6 is 0 Å². The van der Waals surface area contributed by atoms with Crippen LogP contribution < -0.4 is 0 Å². The molecule has 0 heterocycles. The molecule has 7 atom stereocenters. The van der Waals surface area contributed by atoms with Gasteiger partial charge in [-0.1, -0.05) is 26.7 Å². The Morgan fingerprint density at radius 3 is 2.22 bits per heavy atom. The monoisotopic (exact) mass is 376 g/mol. The summed E-state index contributed by atoms with van der Waals surface area (Å²) in [4.78, 5) is 33.8. The smallest absolute Gasteiger partial charge is 0.300 e. The summed E-state index contributed by atoms with van der Waals surface area (Å²) in [5.41, 5.74) is 0.474. The molecule has 0 aromatic carbocycles. The summed E-state index contributed by atoms with van der Waals surface area (Å²) in [6.07, 6.45) is 11.3. The SMILES string of the molecule is CC(=O)O.CC(=O)[C@H]1C(=O)C[C@H]2[C@@H]3CCC4CCCC[C@]4(C)[C@H]3CC[C@]12C. The van der Waals surface area contributed by atoms with Crippen LogP contribution in [0.5, 0.6) is 0 Å². The molecular formula is C23H36O4. The van der Waals surface area contributed by atoms with Crippen LogP contribution in [0.3, 0.4) is 0 Å². The van der Waals surface area contributed by atoms with Gasteiger partial charge in [-0.2, -0.15) is 0 Å². The zero-order valence-corrected chi connectivity index (χ0v) is 17.4. The third-order valence-electron chi connectivity index (χ3n) is 8.83. The molecule has 152 valence electrons. The molecule has 4 nitrogen and oxygen atoms in total. The Balaban J connectivity index is 0.000000481. The summed E-state index contributed by atoms with van der Waals surface area (Å²) in [5.74, 6) is 2.13. The number of hydrogen-bond acceptors (Lipinski definition) is 3. The van der Waals surface area contributed by atoms with E-state index in [9.17, 15) is 9.59 Å². The van der Waals surface area contributed by atoms with Crippen molar-refractivity contribution in [3.63, 3.8) is 0 Å². The highest BCUT2D eigenvalue weighted by molar-refractivity contribution is 6.04. The second-order valence-electron chi connectivity index (χ2n) is 10.2. The first-order valence-corrected chi connectivity index (χ1v) is 10.8. The Morgan fingerprint density at radius 1 is 0.926 bits per heavy atom. The molecular weight excluding hydrogens is 340 g/mol. The number of carbonyl (C=O) groups is 3. The normalized spacial score (nSPS) is 45.6. The van der Waals surface area contributed by atoms with Crippen molar-refractivity contribution in [3.05, 3.63) is 0 Å². The van der Waals surface area contributed by atoms with Gasteiger partial charge in [-0.3, -0.25) is 14.4 Å². The van der Waals surface area contributed by atoms with Gasteiger partial charge in [-0.15, -0.1) is 0 Å². The van der Waals surface area contributed by atoms with E-state index in [1.54, 1.807) is 6.92 Å². The molecule has 4 aliphatic carbocycles. The number of carbonyl (C=O) groups excluding carboxylic acids is 2. The second kappa shape index (κ2) is 7.33. The molecule has 27 heavy (non-hydrogen) atoms. The fraction of sp³-hybridized carbons (Fsp3) is 0.870. The van der Waals surface area contributed by atoms with E-state index < -0.39 is 5.97 Å². The molecule has 0 saturated heterocycles. The standard InChI is InChI=1S/C21H32O2.C2H4O2/c1-13(22)19-18(23)12-17-15-8-7-14-6-4-5-10-20(14,2)16(15)9-11-21(17,19)3;1-2(3)4/h14-17,19H,4-12H2,1-3H3;1H3,(H,3,4)/t14?,15-,16+,17+,19+,20+,21+;/m1./s1. The highest BCUT2D eigenvalue weighted by Crippen LogP contribution is 2.66. The number of Topliss-reactive ketones (excluding diaryl/α,β-unsaturated/α-hetero) is 2. The highest BCUT2D eigenvalue weighted by atomic mass is 16.4. The maximum atomic E-state index is 12.6. The first-order chi connectivity index (χ1) is 12.6. The van der Waals surface area contributed by atoms with Crippen LogP contribution in [-0.2, 0) is 14.4 Å². The van der Waals surface area contributed by atoms with Crippen molar-refractivity contribution in [3.8, 4) is 0 Å². The average molecular weight is 377 g/mol. The van der Waals surface area contributed by atoms with Gasteiger partial charge >= 0.3 is 0 Å². The van der Waals surface area contributed by atoms with Crippen LogP contribution in [0.1, 0.15) is 85.5 Å². The van der Waals surface area contributed by atoms with Gasteiger partial charge in [0.05, 0.1) is 5.92 Å². The summed E-state index contributed by atoms with van der Waals surface area (Å²) >= 11 is 0. The fourth-order valence-electron chi connectivity index (χ4n) is 7.78. The topological polar surface area (TPSA) is 71.4 Å². The van der Waals surface area contributed by atoms with Crippen LogP contribution in [0.2, 0.25) is 0 Å². The number of aliphatic carboxylic acids is 1. The van der Waals surface area contributed by atoms with Crippen LogP contribution in [0.4, 0.5) is 0 Å². The third-order valence-corrected chi connectivity index (χ3v) is 8.83. The summed E-state index contributed by atoms with van der Waals surface area (Å²) in [6, 6.07) is 0. The maximum Gasteiger partial charge on any atom is 0.300 e. The van der Waals surface area contributed by atoms with E-state index in [2.05, 4.69) is 13.8 Å². The molecule has 1 unspecified atom stereocenters. The molecule has 0 bridgehead atoms. The number of rotatable bonds is 1. The first kappa shape index (κ1) is 20.5. The number of fused-ring (bicyclic) bond motifs is 5. The molecule has 1 N–H and O–H groups in total. The summed E-state index contributed by atoms with van der Waals surface area (Å²) in [5, 5.41) is 7.42. The van der Waals surface area contributed by atoms with Crippen molar-refractivity contribution in [2.75, 3.05) is 0 Å². The Morgan fingerprint density at radius 2 is 1.59 bits per heavy atom. The van der Waals surface area contributed by atoms with Crippen molar-refractivity contribution in [2.45, 2.75) is 85.5 Å². The van der Waals surface area contributed by atoms with Crippen LogP contribution in [0, 0.1) is 40.4 Å². The predicted octanol–water partition coefficient (Wildman–Crippen LogP) is 4.89. The van der Waals surface area contributed by atoms with Gasteiger partial charge < -0.3 is 5.11 Å².